The molecule has 1 aromatic heterocycles. The van der Waals surface area contributed by atoms with Gasteiger partial charge in [-0.1, -0.05) is 19.3 Å². The lowest BCUT2D eigenvalue weighted by Gasteiger charge is -2.36. The maximum atomic E-state index is 12.9. The molecule has 0 saturated heterocycles. The molecule has 1 aliphatic rings. The molecular formula is C18H24N6O2. The maximum Gasteiger partial charge on any atom is 0.250 e. The Morgan fingerprint density at radius 3 is 2.46 bits per heavy atom. The van der Waals surface area contributed by atoms with E-state index in [1.165, 1.54) is 6.92 Å². The predicted molar refractivity (Wildman–Crippen MR) is 98.0 cm³/mol. The number of H-pyrrole nitrogens is 1. The fourth-order valence-corrected chi connectivity index (χ4v) is 3.37. The molecule has 8 heteroatoms. The van der Waals surface area contributed by atoms with Crippen LogP contribution in [-0.2, 0) is 16.1 Å². The van der Waals surface area contributed by atoms with Crippen molar-refractivity contribution >= 4 is 17.5 Å². The minimum absolute atomic E-state index is 0.163. The Morgan fingerprint density at radius 1 is 1.19 bits per heavy atom. The molecule has 1 fully saturated rings. The van der Waals surface area contributed by atoms with Gasteiger partial charge in [0, 0.05) is 18.2 Å². The van der Waals surface area contributed by atoms with Gasteiger partial charge in [-0.05, 0) is 37.1 Å². The standard InChI is InChI=1S/C18H24N6O2/c1-12(25)22-18(9-3-2-4-10-18)17(26)20-14-7-5-13(6-8-14)16-21-15(11-19)23-24-16/h5-8H,2-4,9-11,19H2,1H3,(H,20,26)(H,22,25)(H,21,23,24). The van der Waals surface area contributed by atoms with E-state index in [4.69, 9.17) is 5.73 Å². The van der Waals surface area contributed by atoms with Gasteiger partial charge < -0.3 is 16.4 Å². The molecule has 1 aromatic carbocycles. The van der Waals surface area contributed by atoms with E-state index in [0.29, 0.717) is 36.7 Å². The summed E-state index contributed by atoms with van der Waals surface area (Å²) in [5.41, 5.74) is 6.21. The number of nitrogens with one attached hydrogen (secondary N) is 3. The molecule has 0 unspecified atom stereocenters. The maximum absolute atomic E-state index is 12.9. The van der Waals surface area contributed by atoms with Gasteiger partial charge >= 0.3 is 0 Å². The second-order valence-corrected chi connectivity index (χ2v) is 6.67. The second kappa shape index (κ2) is 7.65. The third kappa shape index (κ3) is 3.91. The number of rotatable bonds is 5. The lowest BCUT2D eigenvalue weighted by atomic mass is 9.80. The Hall–Kier alpha value is -2.74. The molecular weight excluding hydrogens is 332 g/mol. The molecule has 0 atom stereocenters. The highest BCUT2D eigenvalue weighted by Crippen LogP contribution is 2.30. The molecule has 138 valence electrons. The number of nitrogens with two attached hydrogens (primary N) is 1. The van der Waals surface area contributed by atoms with E-state index in [-0.39, 0.29) is 11.8 Å². The van der Waals surface area contributed by atoms with E-state index < -0.39 is 5.54 Å². The number of benzene rings is 1. The average molecular weight is 356 g/mol. The van der Waals surface area contributed by atoms with Crippen molar-refractivity contribution in [3.8, 4) is 11.4 Å². The van der Waals surface area contributed by atoms with Crippen LogP contribution >= 0.6 is 0 Å². The van der Waals surface area contributed by atoms with Crippen molar-refractivity contribution in [3.05, 3.63) is 30.1 Å². The number of aromatic nitrogens is 3. The summed E-state index contributed by atoms with van der Waals surface area (Å²) in [6.45, 7) is 1.75. The van der Waals surface area contributed by atoms with E-state index in [9.17, 15) is 9.59 Å². The summed E-state index contributed by atoms with van der Waals surface area (Å²) >= 11 is 0. The average Bonchev–Trinajstić information content (AvgIpc) is 3.12. The van der Waals surface area contributed by atoms with Crippen LogP contribution in [0.25, 0.3) is 11.4 Å². The first kappa shape index (κ1) is 18.1. The van der Waals surface area contributed by atoms with Crippen molar-refractivity contribution in [2.45, 2.75) is 51.1 Å². The van der Waals surface area contributed by atoms with Crippen molar-refractivity contribution in [2.75, 3.05) is 5.32 Å². The van der Waals surface area contributed by atoms with Crippen LogP contribution in [0.3, 0.4) is 0 Å². The number of nitrogens with zero attached hydrogens (tertiary/aromatic N) is 2. The third-order valence-corrected chi connectivity index (χ3v) is 4.68. The van der Waals surface area contributed by atoms with Crippen LogP contribution in [0.2, 0.25) is 0 Å². The second-order valence-electron chi connectivity index (χ2n) is 6.67. The Balaban J connectivity index is 1.72. The van der Waals surface area contributed by atoms with Gasteiger partial charge in [-0.25, -0.2) is 4.98 Å². The number of carbonyl (C=O) groups is 2. The lowest BCUT2D eigenvalue weighted by Crippen LogP contribution is -2.57. The van der Waals surface area contributed by atoms with E-state index in [2.05, 4.69) is 25.8 Å². The lowest BCUT2D eigenvalue weighted by molar-refractivity contribution is -0.130. The highest BCUT2D eigenvalue weighted by Gasteiger charge is 2.40. The van der Waals surface area contributed by atoms with Gasteiger partial charge in [0.05, 0.1) is 6.54 Å². The van der Waals surface area contributed by atoms with Crippen LogP contribution in [0, 0.1) is 0 Å². The van der Waals surface area contributed by atoms with Crippen LogP contribution in [0.1, 0.15) is 44.9 Å². The van der Waals surface area contributed by atoms with Gasteiger partial charge in [-0.3, -0.25) is 14.7 Å². The zero-order chi connectivity index (χ0) is 18.6. The van der Waals surface area contributed by atoms with E-state index in [1.807, 2.05) is 12.1 Å². The van der Waals surface area contributed by atoms with Gasteiger partial charge in [0.2, 0.25) is 11.8 Å². The number of hydrogen-bond donors (Lipinski definition) is 4. The summed E-state index contributed by atoms with van der Waals surface area (Å²) < 4.78 is 0. The summed E-state index contributed by atoms with van der Waals surface area (Å²) in [6.07, 6.45) is 4.28. The molecule has 0 radical (unpaired) electrons. The quantitative estimate of drug-likeness (QED) is 0.649. The first-order chi connectivity index (χ1) is 12.5. The van der Waals surface area contributed by atoms with E-state index >= 15 is 0 Å². The van der Waals surface area contributed by atoms with Crippen LogP contribution in [0.15, 0.2) is 24.3 Å². The molecule has 1 saturated carbocycles. The molecule has 3 rings (SSSR count). The summed E-state index contributed by atoms with van der Waals surface area (Å²) in [7, 11) is 0. The van der Waals surface area contributed by atoms with Gasteiger partial charge in [0.25, 0.3) is 0 Å². The van der Waals surface area contributed by atoms with Gasteiger partial charge in [0.1, 0.15) is 11.4 Å². The number of amides is 2. The zero-order valence-corrected chi connectivity index (χ0v) is 14.8. The molecule has 8 nitrogen and oxygen atoms in total. The van der Waals surface area contributed by atoms with Crippen molar-refractivity contribution < 1.29 is 9.59 Å². The van der Waals surface area contributed by atoms with Crippen molar-refractivity contribution in [1.82, 2.24) is 20.5 Å². The highest BCUT2D eigenvalue weighted by atomic mass is 16.2. The molecule has 0 bridgehead atoms. The van der Waals surface area contributed by atoms with E-state index in [1.54, 1.807) is 12.1 Å². The first-order valence-corrected chi connectivity index (χ1v) is 8.84. The Kier molecular flexibility index (Phi) is 5.32. The number of anilines is 1. The van der Waals surface area contributed by atoms with E-state index in [0.717, 1.165) is 24.8 Å². The normalized spacial score (nSPS) is 16.1. The number of hydrogen-bond acceptors (Lipinski definition) is 5. The Bertz CT molecular complexity index is 777. The predicted octanol–water partition coefficient (Wildman–Crippen LogP) is 1.71. The van der Waals surface area contributed by atoms with Crippen LogP contribution in [-0.4, -0.2) is 32.5 Å². The Labute approximate surface area is 152 Å². The highest BCUT2D eigenvalue weighted by molar-refractivity contribution is 6.00. The summed E-state index contributed by atoms with van der Waals surface area (Å²) in [5.74, 6) is 0.832. The SMILES string of the molecule is CC(=O)NC1(C(=O)Nc2ccc(-c3n[nH]c(CN)n3)cc2)CCCCC1. The topological polar surface area (TPSA) is 126 Å². The fourth-order valence-electron chi connectivity index (χ4n) is 3.37. The summed E-state index contributed by atoms with van der Waals surface area (Å²) in [6, 6.07) is 7.28. The third-order valence-electron chi connectivity index (χ3n) is 4.68. The summed E-state index contributed by atoms with van der Waals surface area (Å²) in [5, 5.41) is 12.7. The number of aromatic amines is 1. The number of carbonyl (C=O) groups excluding carboxylic acids is 2. The summed E-state index contributed by atoms with van der Waals surface area (Å²) in [4.78, 5) is 28.7. The molecule has 5 N–H and O–H groups in total. The molecule has 2 aromatic rings. The van der Waals surface area contributed by atoms with Crippen molar-refractivity contribution in [3.63, 3.8) is 0 Å². The van der Waals surface area contributed by atoms with Crippen LogP contribution in [0.5, 0.6) is 0 Å². The first-order valence-electron chi connectivity index (χ1n) is 8.84. The molecule has 1 heterocycles. The minimum Gasteiger partial charge on any atom is -0.342 e. The van der Waals surface area contributed by atoms with Gasteiger partial charge in [-0.15, -0.1) is 0 Å². The smallest absolute Gasteiger partial charge is 0.250 e. The van der Waals surface area contributed by atoms with Gasteiger partial charge in [-0.2, -0.15) is 5.10 Å². The Morgan fingerprint density at radius 2 is 1.88 bits per heavy atom. The minimum atomic E-state index is -0.817. The van der Waals surface area contributed by atoms with Crippen LogP contribution in [0.4, 0.5) is 5.69 Å². The molecule has 2 amide bonds. The largest absolute Gasteiger partial charge is 0.342 e. The van der Waals surface area contributed by atoms with Gasteiger partial charge in [0.15, 0.2) is 5.82 Å². The van der Waals surface area contributed by atoms with Crippen LogP contribution < -0.4 is 16.4 Å². The van der Waals surface area contributed by atoms with Crippen molar-refractivity contribution in [2.24, 2.45) is 5.73 Å². The monoisotopic (exact) mass is 356 g/mol. The fraction of sp³-hybridized carbons (Fsp3) is 0.444. The zero-order valence-electron chi connectivity index (χ0n) is 14.8. The molecule has 0 spiro atoms. The molecule has 0 aliphatic heterocycles. The molecule has 26 heavy (non-hydrogen) atoms. The molecule has 1 aliphatic carbocycles. The van der Waals surface area contributed by atoms with Crippen molar-refractivity contribution in [1.29, 1.82) is 0 Å².